The highest BCUT2D eigenvalue weighted by Gasteiger charge is 2.43. The van der Waals surface area contributed by atoms with Crippen LogP contribution in [0.1, 0.15) is 88.4 Å². The van der Waals surface area contributed by atoms with Gasteiger partial charge in [-0.1, -0.05) is 86.0 Å². The molecule has 5 aromatic carbocycles. The molecule has 17 nitrogen and oxygen atoms in total. The third-order valence-electron chi connectivity index (χ3n) is 12.1. The molecule has 5 rings (SSSR count). The fraction of sp³-hybridized carbons (Fsp3) is 0.423. The fourth-order valence-corrected chi connectivity index (χ4v) is 13.6. The summed E-state index contributed by atoms with van der Waals surface area (Å²) >= 11 is 0. The Morgan fingerprint density at radius 3 is 1.51 bits per heavy atom. The molecule has 400 valence electrons. The van der Waals surface area contributed by atoms with E-state index in [0.29, 0.717) is 80.1 Å². The van der Waals surface area contributed by atoms with E-state index in [0.717, 1.165) is 30.2 Å². The number of sulfonamides is 4. The van der Waals surface area contributed by atoms with Gasteiger partial charge in [0.05, 0.1) is 54.6 Å². The zero-order valence-corrected chi connectivity index (χ0v) is 45.6. The van der Waals surface area contributed by atoms with Crippen molar-refractivity contribution < 1.29 is 57.5 Å². The van der Waals surface area contributed by atoms with E-state index in [4.69, 9.17) is 23.8 Å². The van der Waals surface area contributed by atoms with E-state index < -0.39 is 46.3 Å². The molecule has 0 saturated heterocycles. The van der Waals surface area contributed by atoms with Gasteiger partial charge in [-0.05, 0) is 128 Å². The van der Waals surface area contributed by atoms with E-state index in [1.54, 1.807) is 66.7 Å². The maximum atomic E-state index is 14.7. The lowest BCUT2D eigenvalue weighted by atomic mass is 10.1. The van der Waals surface area contributed by atoms with Gasteiger partial charge in [0.2, 0.25) is 30.1 Å². The number of hydrogen-bond acceptors (Lipinski definition) is 13. The summed E-state index contributed by atoms with van der Waals surface area (Å²) in [5.41, 5.74) is 0.947. The summed E-state index contributed by atoms with van der Waals surface area (Å²) < 4.78 is 139. The average molecular weight is 1090 g/mol. The molecule has 0 heterocycles. The number of rotatable bonds is 34. The molecule has 0 aliphatic rings. The molecule has 1 N–H and O–H groups in total. The summed E-state index contributed by atoms with van der Waals surface area (Å²) in [5.74, 6) is 1.53. The van der Waals surface area contributed by atoms with Crippen molar-refractivity contribution in [2.24, 2.45) is 0 Å². The second-order valence-corrected chi connectivity index (χ2v) is 24.4. The third-order valence-corrected chi connectivity index (χ3v) is 19.0. The molecule has 0 aliphatic heterocycles. The molecule has 0 aliphatic carbocycles. The third kappa shape index (κ3) is 16.3. The first-order valence-electron chi connectivity index (χ1n) is 24.3. The van der Waals surface area contributed by atoms with Crippen molar-refractivity contribution in [1.82, 2.24) is 17.8 Å². The van der Waals surface area contributed by atoms with Crippen molar-refractivity contribution in [3.63, 3.8) is 0 Å². The number of benzene rings is 5. The molecule has 1 atom stereocenters. The Kier molecular flexibility index (Phi) is 23.1. The fourth-order valence-electron chi connectivity index (χ4n) is 7.98. The second-order valence-electron chi connectivity index (χ2n) is 17.0. The zero-order valence-electron chi connectivity index (χ0n) is 42.3. The van der Waals surface area contributed by atoms with Crippen LogP contribution in [0.25, 0.3) is 0 Å². The van der Waals surface area contributed by atoms with Crippen LogP contribution >= 0.6 is 0 Å². The van der Waals surface area contributed by atoms with Gasteiger partial charge in [-0.3, -0.25) is 4.84 Å². The van der Waals surface area contributed by atoms with E-state index in [2.05, 4.69) is 4.72 Å². The number of nitrogens with one attached hydrogen (secondary N) is 1. The minimum absolute atomic E-state index is 0.0238. The van der Waals surface area contributed by atoms with Crippen molar-refractivity contribution >= 4 is 40.1 Å². The normalized spacial score (nSPS) is 12.9. The number of nitrogens with zero attached hydrogens (tertiary/aromatic N) is 3. The molecule has 0 amide bonds. The number of hydrogen-bond donors (Lipinski definition) is 1. The van der Waals surface area contributed by atoms with Crippen molar-refractivity contribution in [3.8, 4) is 17.2 Å². The minimum atomic E-state index is -4.45. The Morgan fingerprint density at radius 2 is 0.959 bits per heavy atom. The molecule has 0 fully saturated rings. The maximum Gasteiger partial charge on any atom is 0.266 e. The number of methoxy groups -OCH3 is 3. The molecular formula is C52H70N4O13S4. The molecule has 21 heteroatoms. The first-order valence-corrected chi connectivity index (χ1v) is 30.1. The van der Waals surface area contributed by atoms with E-state index in [1.165, 1.54) is 97.7 Å². The van der Waals surface area contributed by atoms with Crippen LogP contribution in [0.5, 0.6) is 17.2 Å². The lowest BCUT2D eigenvalue weighted by Gasteiger charge is -2.37. The number of ether oxygens (including phenoxy) is 4. The van der Waals surface area contributed by atoms with Gasteiger partial charge in [0.1, 0.15) is 23.4 Å². The van der Waals surface area contributed by atoms with Crippen LogP contribution in [-0.2, 0) is 56.3 Å². The zero-order chi connectivity index (χ0) is 52.9. The summed E-state index contributed by atoms with van der Waals surface area (Å²) in [4.78, 5) is 5.83. The second kappa shape index (κ2) is 28.7. The van der Waals surface area contributed by atoms with Crippen LogP contribution in [0.4, 0.5) is 0 Å². The van der Waals surface area contributed by atoms with Crippen LogP contribution in [0, 0.1) is 0 Å². The van der Waals surface area contributed by atoms with E-state index in [9.17, 15) is 33.7 Å². The van der Waals surface area contributed by atoms with Gasteiger partial charge in [-0.2, -0.15) is 8.61 Å². The Bertz CT molecular complexity index is 2900. The lowest BCUT2D eigenvalue weighted by molar-refractivity contribution is -0.112. The van der Waals surface area contributed by atoms with E-state index in [-0.39, 0.29) is 45.8 Å². The molecule has 73 heavy (non-hydrogen) atoms. The number of hydroxylamine groups is 1. The molecule has 1 unspecified atom stereocenters. The highest BCUT2D eigenvalue weighted by Crippen LogP contribution is 2.37. The van der Waals surface area contributed by atoms with Gasteiger partial charge in [-0.15, -0.1) is 0 Å². The first-order chi connectivity index (χ1) is 35.0. The summed E-state index contributed by atoms with van der Waals surface area (Å²) in [6.45, 7) is 2.98. The largest absolute Gasteiger partial charge is 0.497 e. The highest BCUT2D eigenvalue weighted by molar-refractivity contribution is 7.90. The van der Waals surface area contributed by atoms with Gasteiger partial charge in [0.25, 0.3) is 10.0 Å². The molecule has 0 radical (unpaired) electrons. The van der Waals surface area contributed by atoms with E-state index >= 15 is 0 Å². The molecule has 0 saturated carbocycles. The topological polar surface area (TPSA) is 204 Å². The van der Waals surface area contributed by atoms with Gasteiger partial charge in [0, 0.05) is 32.8 Å². The Hall–Kier alpha value is -4.94. The summed E-state index contributed by atoms with van der Waals surface area (Å²) in [5, 5.41) is 0. The Balaban J connectivity index is 1.20. The van der Waals surface area contributed by atoms with Crippen molar-refractivity contribution in [1.29, 1.82) is 0 Å². The molecule has 0 aromatic heterocycles. The van der Waals surface area contributed by atoms with Gasteiger partial charge < -0.3 is 18.9 Å². The minimum Gasteiger partial charge on any atom is -0.497 e. The predicted octanol–water partition coefficient (Wildman–Crippen LogP) is 8.76. The summed E-state index contributed by atoms with van der Waals surface area (Å²) in [6, 6.07) is 32.9. The summed E-state index contributed by atoms with van der Waals surface area (Å²) in [6.07, 6.45) is 5.11. The molecule has 5 aromatic rings. The van der Waals surface area contributed by atoms with Crippen LogP contribution in [0.2, 0.25) is 0 Å². The Labute approximate surface area is 433 Å². The quantitative estimate of drug-likeness (QED) is 0.0233. The summed E-state index contributed by atoms with van der Waals surface area (Å²) in [7, 11) is -10.7. The monoisotopic (exact) mass is 1090 g/mol. The number of unbranched alkanes of at least 4 members (excludes halogenated alkanes) is 7. The maximum absolute atomic E-state index is 14.7. The van der Waals surface area contributed by atoms with Crippen LogP contribution in [-0.4, -0.2) is 108 Å². The Morgan fingerprint density at radius 1 is 0.479 bits per heavy atom. The van der Waals surface area contributed by atoms with Crippen molar-refractivity contribution in [2.75, 3.05) is 61.2 Å². The molecular weight excluding hydrogens is 1020 g/mol. The standard InChI is InChI=1S/C52H70N4O13S4/c1-6-7-40-55(72(61,62)50-35-29-46(67-4)30-36-50)52(56(68-5)73(63,64)48-22-13-12-14-23-48)51-24-16-15-21-43(51)42-69-41-20-11-9-8-10-18-38-54(71(59,60)49-33-27-45(66-3)28-34-49)39-19-17-37-53-70(57,58)47-31-25-44(65-2)26-32-47/h12-16,21-36,52-53H,6-11,17-20,37-42H2,1-5H3. The predicted molar refractivity (Wildman–Crippen MR) is 280 cm³/mol. The smallest absolute Gasteiger partial charge is 0.266 e. The molecule has 0 spiro atoms. The van der Waals surface area contributed by atoms with Gasteiger partial charge in [0.15, 0.2) is 0 Å². The highest BCUT2D eigenvalue weighted by atomic mass is 32.2. The first kappa shape index (κ1) is 58.9. The van der Waals surface area contributed by atoms with E-state index in [1.807, 2.05) is 6.92 Å². The van der Waals surface area contributed by atoms with Gasteiger partial charge >= 0.3 is 0 Å². The van der Waals surface area contributed by atoms with Crippen LogP contribution in [0.3, 0.4) is 0 Å². The van der Waals surface area contributed by atoms with Gasteiger partial charge in [-0.25, -0.2) is 38.4 Å². The van der Waals surface area contributed by atoms with Crippen LogP contribution in [0.15, 0.2) is 147 Å². The molecule has 0 bridgehead atoms. The van der Waals surface area contributed by atoms with Crippen molar-refractivity contribution in [3.05, 3.63) is 139 Å². The van der Waals surface area contributed by atoms with Crippen molar-refractivity contribution in [2.45, 2.75) is 103 Å². The SMILES string of the molecule is CCCCN(C(c1ccccc1COCCCCCCCCN(CCCCNS(=O)(=O)c1ccc(OC)cc1)S(=O)(=O)c1ccc(OC)cc1)N(OC)S(=O)(=O)c1ccccc1)S(=O)(=O)c1ccc(OC)cc1. The lowest BCUT2D eigenvalue weighted by Crippen LogP contribution is -2.47. The van der Waals surface area contributed by atoms with Crippen LogP contribution < -0.4 is 18.9 Å². The average Bonchev–Trinajstić information content (AvgIpc) is 3.40.